The maximum Gasteiger partial charge on any atom is 0.435 e. The number of benzene rings is 1. The number of halogens is 3. The Morgan fingerprint density at radius 2 is 1.85 bits per heavy atom. The van der Waals surface area contributed by atoms with Crippen LogP contribution in [0, 0.1) is 17.0 Å². The lowest BCUT2D eigenvalue weighted by Gasteiger charge is -2.19. The molecule has 0 bridgehead atoms. The fraction of sp³-hybridized carbons (Fsp3) is 0.375. The van der Waals surface area contributed by atoms with Crippen LogP contribution in [0.25, 0.3) is 0 Å². The molecule has 0 aliphatic heterocycles. The van der Waals surface area contributed by atoms with Crippen molar-refractivity contribution in [3.05, 3.63) is 45.6 Å². The molecule has 0 radical (unpaired) electrons. The predicted molar refractivity (Wildman–Crippen MR) is 86.8 cm³/mol. The lowest BCUT2D eigenvalue weighted by molar-refractivity contribution is -0.385. The molecule has 0 saturated heterocycles. The van der Waals surface area contributed by atoms with Crippen molar-refractivity contribution in [1.29, 1.82) is 0 Å². The van der Waals surface area contributed by atoms with E-state index in [0.717, 1.165) is 10.7 Å². The first-order valence-electron chi connectivity index (χ1n) is 7.61. The summed E-state index contributed by atoms with van der Waals surface area (Å²) < 4.78 is 49.5. The summed E-state index contributed by atoms with van der Waals surface area (Å²) in [7, 11) is 0. The number of carbonyl (C=O) groups is 1. The van der Waals surface area contributed by atoms with E-state index in [9.17, 15) is 28.1 Å². The number of nitro groups is 1. The van der Waals surface area contributed by atoms with E-state index in [1.54, 1.807) is 20.8 Å². The minimum atomic E-state index is -4.74. The normalized spacial score (nSPS) is 12.0. The third-order valence-electron chi connectivity index (χ3n) is 3.13. The molecule has 2 rings (SSSR count). The molecule has 8 nitrogen and oxygen atoms in total. The van der Waals surface area contributed by atoms with E-state index in [1.807, 2.05) is 0 Å². The molecule has 0 saturated carbocycles. The fourth-order valence-electron chi connectivity index (χ4n) is 2.02. The molecule has 0 atom stereocenters. The van der Waals surface area contributed by atoms with Crippen LogP contribution in [0.5, 0.6) is 11.6 Å². The lowest BCUT2D eigenvalue weighted by atomic mass is 10.2. The molecule has 27 heavy (non-hydrogen) atoms. The summed E-state index contributed by atoms with van der Waals surface area (Å²) in [5, 5.41) is 14.9. The van der Waals surface area contributed by atoms with E-state index in [-0.39, 0.29) is 5.88 Å². The molecule has 0 aliphatic rings. The van der Waals surface area contributed by atoms with Crippen LogP contribution < -0.4 is 4.74 Å². The van der Waals surface area contributed by atoms with Crippen molar-refractivity contribution >= 4 is 11.8 Å². The van der Waals surface area contributed by atoms with Gasteiger partial charge in [-0.1, -0.05) is 0 Å². The first-order chi connectivity index (χ1) is 12.3. The number of ether oxygens (including phenoxy) is 2. The van der Waals surface area contributed by atoms with Gasteiger partial charge in [-0.2, -0.15) is 17.9 Å². The van der Waals surface area contributed by atoms with Crippen LogP contribution in [-0.4, -0.2) is 26.4 Å². The third kappa shape index (κ3) is 4.96. The molecule has 0 amide bonds. The number of alkyl halides is 3. The number of hydrogen-bond donors (Lipinski definition) is 0. The number of nitro benzene ring substituents is 1. The molecule has 11 heteroatoms. The monoisotopic (exact) mass is 387 g/mol. The van der Waals surface area contributed by atoms with Gasteiger partial charge in [0.25, 0.3) is 0 Å². The van der Waals surface area contributed by atoms with Gasteiger partial charge in [0.15, 0.2) is 0 Å². The van der Waals surface area contributed by atoms with Gasteiger partial charge < -0.3 is 9.47 Å². The predicted octanol–water partition coefficient (Wildman–Crippen LogP) is 4.69. The van der Waals surface area contributed by atoms with Crippen molar-refractivity contribution in [3.8, 4) is 11.6 Å². The van der Waals surface area contributed by atoms with Crippen LogP contribution in [0.15, 0.2) is 24.3 Å². The van der Waals surface area contributed by atoms with Gasteiger partial charge in [0.05, 0.1) is 16.2 Å². The molecule has 0 N–H and O–H groups in total. The quantitative estimate of drug-likeness (QED) is 0.560. The average molecular weight is 387 g/mol. The molecule has 0 fully saturated rings. The summed E-state index contributed by atoms with van der Waals surface area (Å²) >= 11 is 0. The Hall–Kier alpha value is -3.11. The lowest BCUT2D eigenvalue weighted by Crippen LogP contribution is -2.28. The van der Waals surface area contributed by atoms with Crippen LogP contribution >= 0.6 is 0 Å². The maximum absolute atomic E-state index is 12.7. The second-order valence-corrected chi connectivity index (χ2v) is 6.56. The van der Waals surface area contributed by atoms with Crippen LogP contribution in [0.4, 0.5) is 23.7 Å². The molecular weight excluding hydrogens is 371 g/mol. The summed E-state index contributed by atoms with van der Waals surface area (Å²) in [6.45, 7) is 6.50. The van der Waals surface area contributed by atoms with Crippen LogP contribution in [0.2, 0.25) is 0 Å². The zero-order valence-corrected chi connectivity index (χ0v) is 14.8. The second kappa shape index (κ2) is 6.89. The summed E-state index contributed by atoms with van der Waals surface area (Å²) in [6.07, 6.45) is -5.53. The number of rotatable bonds is 3. The molecular formula is C16H16F3N3O5. The Labute approximate surface area is 151 Å². The Morgan fingerprint density at radius 3 is 2.37 bits per heavy atom. The number of nitrogens with zero attached hydrogens (tertiary/aromatic N) is 3. The van der Waals surface area contributed by atoms with Crippen molar-refractivity contribution in [2.24, 2.45) is 0 Å². The Balaban J connectivity index is 2.34. The van der Waals surface area contributed by atoms with Gasteiger partial charge in [-0.05, 0) is 39.8 Å². The molecule has 1 aromatic carbocycles. The van der Waals surface area contributed by atoms with Crippen molar-refractivity contribution in [3.63, 3.8) is 0 Å². The highest BCUT2D eigenvalue weighted by Crippen LogP contribution is 2.37. The Kier molecular flexibility index (Phi) is 5.16. The number of carbonyl (C=O) groups excluding carboxylic acids is 1. The zero-order chi connectivity index (χ0) is 20.6. The van der Waals surface area contributed by atoms with Gasteiger partial charge in [0.1, 0.15) is 5.60 Å². The molecule has 1 aromatic heterocycles. The third-order valence-corrected chi connectivity index (χ3v) is 3.13. The molecule has 146 valence electrons. The SMILES string of the molecule is Cc1cc(Oc2ccc(C(F)(F)F)cc2[N+](=O)[O-])nn1C(=O)OC(C)(C)C. The smallest absolute Gasteiger partial charge is 0.435 e. The molecule has 0 aliphatic carbocycles. The first kappa shape index (κ1) is 20.2. The van der Waals surface area contributed by atoms with Crippen LogP contribution in [0.3, 0.4) is 0 Å². The zero-order valence-electron chi connectivity index (χ0n) is 14.8. The van der Waals surface area contributed by atoms with Crippen molar-refractivity contribution in [2.75, 3.05) is 0 Å². The van der Waals surface area contributed by atoms with Gasteiger partial charge in [-0.3, -0.25) is 10.1 Å². The van der Waals surface area contributed by atoms with E-state index >= 15 is 0 Å². The van der Waals surface area contributed by atoms with E-state index in [1.165, 1.54) is 13.0 Å². The van der Waals surface area contributed by atoms with Gasteiger partial charge in [-0.15, -0.1) is 5.10 Å². The van der Waals surface area contributed by atoms with Crippen molar-refractivity contribution < 1.29 is 32.4 Å². The largest absolute Gasteiger partial charge is 0.442 e. The topological polar surface area (TPSA) is 96.5 Å². The molecule has 0 spiro atoms. The Morgan fingerprint density at radius 1 is 1.22 bits per heavy atom. The number of aryl methyl sites for hydroxylation is 1. The van der Waals surface area contributed by atoms with E-state index in [4.69, 9.17) is 9.47 Å². The van der Waals surface area contributed by atoms with E-state index in [2.05, 4.69) is 5.10 Å². The summed E-state index contributed by atoms with van der Waals surface area (Å²) in [4.78, 5) is 22.2. The van der Waals surface area contributed by atoms with Gasteiger partial charge in [0.2, 0.25) is 11.6 Å². The van der Waals surface area contributed by atoms with Gasteiger partial charge >= 0.3 is 18.0 Å². The van der Waals surface area contributed by atoms with E-state index < -0.39 is 39.8 Å². The van der Waals surface area contributed by atoms with Crippen molar-refractivity contribution in [1.82, 2.24) is 9.78 Å². The fourth-order valence-corrected chi connectivity index (χ4v) is 2.02. The standard InChI is InChI=1S/C16H16F3N3O5/c1-9-7-13(20-21(9)14(23)27-15(2,3)4)26-12-6-5-10(16(17,18)19)8-11(12)22(24)25/h5-8H,1-4H3. The minimum Gasteiger partial charge on any atom is -0.442 e. The number of aromatic nitrogens is 2. The first-order valence-corrected chi connectivity index (χ1v) is 7.61. The van der Waals surface area contributed by atoms with E-state index in [0.29, 0.717) is 17.8 Å². The maximum atomic E-state index is 12.7. The number of hydrogen-bond acceptors (Lipinski definition) is 6. The van der Waals surface area contributed by atoms with Crippen molar-refractivity contribution in [2.45, 2.75) is 39.5 Å². The van der Waals surface area contributed by atoms with Crippen LogP contribution in [-0.2, 0) is 10.9 Å². The average Bonchev–Trinajstić information content (AvgIpc) is 2.85. The molecule has 2 aromatic rings. The second-order valence-electron chi connectivity index (χ2n) is 6.56. The minimum absolute atomic E-state index is 0.207. The van der Waals surface area contributed by atoms with Crippen LogP contribution in [0.1, 0.15) is 32.0 Å². The summed E-state index contributed by atoms with van der Waals surface area (Å²) in [5.74, 6) is -0.650. The highest BCUT2D eigenvalue weighted by atomic mass is 19.4. The molecule has 0 unspecified atom stereocenters. The summed E-state index contributed by atoms with van der Waals surface area (Å²) in [5.41, 5.74) is -2.52. The summed E-state index contributed by atoms with van der Waals surface area (Å²) in [6, 6.07) is 3.14. The van der Waals surface area contributed by atoms with Gasteiger partial charge in [0, 0.05) is 12.1 Å². The molecule has 1 heterocycles. The Bertz CT molecular complexity index is 884. The highest BCUT2D eigenvalue weighted by Gasteiger charge is 2.33. The highest BCUT2D eigenvalue weighted by molar-refractivity contribution is 5.71. The van der Waals surface area contributed by atoms with Gasteiger partial charge in [-0.25, -0.2) is 4.79 Å².